The van der Waals surface area contributed by atoms with Crippen molar-refractivity contribution in [2.75, 3.05) is 6.26 Å². The van der Waals surface area contributed by atoms with Crippen LogP contribution in [-0.2, 0) is 6.18 Å². The topological polar surface area (TPSA) is 54.6 Å². The molecule has 0 amide bonds. The van der Waals surface area contributed by atoms with Gasteiger partial charge in [-0.15, -0.1) is 11.8 Å². The van der Waals surface area contributed by atoms with E-state index in [1.807, 2.05) is 0 Å². The lowest BCUT2D eigenvalue weighted by Gasteiger charge is -2.03. The van der Waals surface area contributed by atoms with E-state index >= 15 is 0 Å². The van der Waals surface area contributed by atoms with E-state index in [1.54, 1.807) is 6.26 Å². The van der Waals surface area contributed by atoms with Crippen LogP contribution in [0.25, 0.3) is 5.52 Å². The van der Waals surface area contributed by atoms with Crippen LogP contribution in [0.3, 0.4) is 0 Å². The SMILES string of the molecule is CSc1ccc(C(=O)O)c2cc(C(F)(F)F)nn12. The molecule has 0 fully saturated rings. The van der Waals surface area contributed by atoms with Crippen molar-refractivity contribution < 1.29 is 23.1 Å². The van der Waals surface area contributed by atoms with Crippen molar-refractivity contribution in [3.05, 3.63) is 29.5 Å². The maximum atomic E-state index is 12.6. The summed E-state index contributed by atoms with van der Waals surface area (Å²) >= 11 is 1.18. The Labute approximate surface area is 103 Å². The van der Waals surface area contributed by atoms with Gasteiger partial charge in [-0.3, -0.25) is 0 Å². The Bertz CT molecular complexity index is 621. The van der Waals surface area contributed by atoms with Gasteiger partial charge in [-0.25, -0.2) is 9.31 Å². The monoisotopic (exact) mass is 276 g/mol. The molecule has 2 aromatic rings. The molecule has 0 atom stereocenters. The molecule has 0 aromatic carbocycles. The van der Waals surface area contributed by atoms with Gasteiger partial charge in [-0.05, 0) is 24.5 Å². The molecule has 2 rings (SSSR count). The number of pyridine rings is 1. The minimum atomic E-state index is -4.60. The Morgan fingerprint density at radius 2 is 2.11 bits per heavy atom. The second kappa shape index (κ2) is 4.20. The molecular weight excluding hydrogens is 269 g/mol. The van der Waals surface area contributed by atoms with Crippen LogP contribution in [0.1, 0.15) is 16.1 Å². The number of thioether (sulfide) groups is 1. The van der Waals surface area contributed by atoms with Gasteiger partial charge in [-0.1, -0.05) is 0 Å². The molecule has 0 bridgehead atoms. The summed E-state index contributed by atoms with van der Waals surface area (Å²) in [4.78, 5) is 10.9. The van der Waals surface area contributed by atoms with E-state index in [9.17, 15) is 18.0 Å². The molecule has 0 spiro atoms. The van der Waals surface area contributed by atoms with Crippen molar-refractivity contribution in [3.63, 3.8) is 0 Å². The number of carbonyl (C=O) groups is 1. The van der Waals surface area contributed by atoms with E-state index in [1.165, 1.54) is 23.9 Å². The molecule has 4 nitrogen and oxygen atoms in total. The minimum Gasteiger partial charge on any atom is -0.478 e. The molecule has 1 N–H and O–H groups in total. The van der Waals surface area contributed by atoms with E-state index in [-0.39, 0.29) is 11.1 Å². The van der Waals surface area contributed by atoms with E-state index in [4.69, 9.17) is 5.11 Å². The zero-order chi connectivity index (χ0) is 13.5. The van der Waals surface area contributed by atoms with Gasteiger partial charge in [0.15, 0.2) is 5.69 Å². The lowest BCUT2D eigenvalue weighted by Crippen LogP contribution is -2.06. The zero-order valence-corrected chi connectivity index (χ0v) is 9.84. The first-order valence-corrected chi connectivity index (χ1v) is 5.94. The third-order valence-electron chi connectivity index (χ3n) is 2.32. The molecular formula is C10H7F3N2O2S. The average Bonchev–Trinajstić information content (AvgIpc) is 2.71. The molecule has 0 saturated carbocycles. The lowest BCUT2D eigenvalue weighted by molar-refractivity contribution is -0.141. The van der Waals surface area contributed by atoms with Crippen molar-refractivity contribution in [3.8, 4) is 0 Å². The van der Waals surface area contributed by atoms with Crippen LogP contribution < -0.4 is 0 Å². The maximum absolute atomic E-state index is 12.6. The lowest BCUT2D eigenvalue weighted by atomic mass is 10.2. The number of aromatic nitrogens is 2. The Morgan fingerprint density at radius 3 is 2.61 bits per heavy atom. The summed E-state index contributed by atoms with van der Waals surface area (Å²) in [5.74, 6) is -1.29. The van der Waals surface area contributed by atoms with Crippen LogP contribution in [0, 0.1) is 0 Å². The van der Waals surface area contributed by atoms with Gasteiger partial charge in [0.2, 0.25) is 0 Å². The summed E-state index contributed by atoms with van der Waals surface area (Å²) in [6, 6.07) is 3.43. The number of halogens is 3. The Kier molecular flexibility index (Phi) is 2.97. The summed E-state index contributed by atoms with van der Waals surface area (Å²) in [6.45, 7) is 0. The summed E-state index contributed by atoms with van der Waals surface area (Å²) < 4.78 is 38.7. The highest BCUT2D eigenvalue weighted by Crippen LogP contribution is 2.31. The van der Waals surface area contributed by atoms with Crippen LogP contribution in [-0.4, -0.2) is 26.9 Å². The fourth-order valence-corrected chi connectivity index (χ4v) is 2.04. The molecule has 0 unspecified atom stereocenters. The second-order valence-electron chi connectivity index (χ2n) is 3.42. The minimum absolute atomic E-state index is 0.0679. The van der Waals surface area contributed by atoms with Crippen molar-refractivity contribution >= 4 is 23.2 Å². The number of rotatable bonds is 2. The molecule has 0 saturated heterocycles. The fourth-order valence-electron chi connectivity index (χ4n) is 1.53. The number of aromatic carboxylic acids is 1. The first-order chi connectivity index (χ1) is 8.34. The molecule has 8 heteroatoms. The molecule has 96 valence electrons. The molecule has 0 aliphatic rings. The van der Waals surface area contributed by atoms with Crippen molar-refractivity contribution in [2.24, 2.45) is 0 Å². The molecule has 0 aliphatic carbocycles. The fraction of sp³-hybridized carbons (Fsp3) is 0.200. The predicted octanol–water partition coefficient (Wildman–Crippen LogP) is 2.77. The normalized spacial score (nSPS) is 12.0. The number of hydrogen-bond donors (Lipinski definition) is 1. The number of nitrogens with zero attached hydrogens (tertiary/aromatic N) is 2. The van der Waals surface area contributed by atoms with E-state index in [2.05, 4.69) is 5.10 Å². The maximum Gasteiger partial charge on any atom is 0.435 e. The van der Waals surface area contributed by atoms with Gasteiger partial charge in [-0.2, -0.15) is 18.3 Å². The third kappa shape index (κ3) is 2.03. The standard InChI is InChI=1S/C10H7F3N2O2S/c1-18-8-3-2-5(9(16)17)6-4-7(10(11,12)13)14-15(6)8/h2-4H,1H3,(H,16,17). The van der Waals surface area contributed by atoms with Crippen LogP contribution >= 0.6 is 11.8 Å². The Morgan fingerprint density at radius 1 is 1.44 bits per heavy atom. The first kappa shape index (κ1) is 12.7. The molecule has 18 heavy (non-hydrogen) atoms. The van der Waals surface area contributed by atoms with Crippen molar-refractivity contribution in [2.45, 2.75) is 11.2 Å². The van der Waals surface area contributed by atoms with Gasteiger partial charge < -0.3 is 5.11 Å². The van der Waals surface area contributed by atoms with Crippen LogP contribution in [0.4, 0.5) is 13.2 Å². The van der Waals surface area contributed by atoms with Crippen LogP contribution in [0.2, 0.25) is 0 Å². The van der Waals surface area contributed by atoms with Crippen molar-refractivity contribution in [1.29, 1.82) is 0 Å². The second-order valence-corrected chi connectivity index (χ2v) is 4.25. The number of hydrogen-bond acceptors (Lipinski definition) is 3. The highest BCUT2D eigenvalue weighted by Gasteiger charge is 2.35. The number of carboxylic acids is 1. The molecule has 0 radical (unpaired) electrons. The number of carboxylic acid groups (broad SMARTS) is 1. The highest BCUT2D eigenvalue weighted by molar-refractivity contribution is 7.98. The van der Waals surface area contributed by atoms with Crippen LogP contribution in [0.15, 0.2) is 23.2 Å². The van der Waals surface area contributed by atoms with Crippen molar-refractivity contribution in [1.82, 2.24) is 9.61 Å². The third-order valence-corrected chi connectivity index (χ3v) is 3.04. The quantitative estimate of drug-likeness (QED) is 0.857. The number of alkyl halides is 3. The van der Waals surface area contributed by atoms with E-state index in [0.29, 0.717) is 5.03 Å². The first-order valence-electron chi connectivity index (χ1n) is 4.72. The highest BCUT2D eigenvalue weighted by atomic mass is 32.2. The van der Waals surface area contributed by atoms with Gasteiger partial charge in [0.25, 0.3) is 0 Å². The Hall–Kier alpha value is -1.70. The smallest absolute Gasteiger partial charge is 0.435 e. The van der Waals surface area contributed by atoms with E-state index < -0.39 is 17.8 Å². The Balaban J connectivity index is 2.78. The van der Waals surface area contributed by atoms with Gasteiger partial charge in [0, 0.05) is 0 Å². The van der Waals surface area contributed by atoms with E-state index in [0.717, 1.165) is 10.6 Å². The predicted molar refractivity (Wildman–Crippen MR) is 58.9 cm³/mol. The number of fused-ring (bicyclic) bond motifs is 1. The largest absolute Gasteiger partial charge is 0.478 e. The van der Waals surface area contributed by atoms with Gasteiger partial charge in [0.1, 0.15) is 0 Å². The summed E-state index contributed by atoms with van der Waals surface area (Å²) in [6.07, 6.45) is -2.93. The zero-order valence-electron chi connectivity index (χ0n) is 9.02. The van der Waals surface area contributed by atoms with Gasteiger partial charge >= 0.3 is 12.1 Å². The molecule has 2 heterocycles. The average molecular weight is 276 g/mol. The molecule has 0 aliphatic heterocycles. The summed E-state index contributed by atoms with van der Waals surface area (Å²) in [5.41, 5.74) is -1.39. The molecule has 2 aromatic heterocycles. The van der Waals surface area contributed by atoms with Crippen LogP contribution in [0.5, 0.6) is 0 Å². The summed E-state index contributed by atoms with van der Waals surface area (Å²) in [5, 5.41) is 12.8. The van der Waals surface area contributed by atoms with Gasteiger partial charge in [0.05, 0.1) is 16.1 Å². The summed E-state index contributed by atoms with van der Waals surface area (Å²) in [7, 11) is 0.